The second kappa shape index (κ2) is 5.67. The zero-order valence-electron chi connectivity index (χ0n) is 9.93. The summed E-state index contributed by atoms with van der Waals surface area (Å²) in [7, 11) is 0. The zero-order chi connectivity index (χ0) is 12.1. The van der Waals surface area contributed by atoms with Gasteiger partial charge in [0, 0.05) is 5.56 Å². The Morgan fingerprint density at radius 2 is 1.76 bits per heavy atom. The fourth-order valence-electron chi connectivity index (χ4n) is 2.40. The fourth-order valence-corrected chi connectivity index (χ4v) is 2.40. The van der Waals surface area contributed by atoms with E-state index < -0.39 is 0 Å². The molecule has 0 saturated heterocycles. The van der Waals surface area contributed by atoms with Crippen LogP contribution in [0.25, 0.3) is 6.08 Å². The Balaban J connectivity index is 2.08. The van der Waals surface area contributed by atoms with Crippen molar-refractivity contribution in [3.8, 4) is 5.75 Å². The fraction of sp³-hybridized carbons (Fsp3) is 0.400. The zero-order valence-corrected chi connectivity index (χ0v) is 9.93. The normalized spacial score (nSPS) is 17.4. The molecule has 0 bridgehead atoms. The molecule has 0 heterocycles. The highest BCUT2D eigenvalue weighted by Crippen LogP contribution is 2.25. The van der Waals surface area contributed by atoms with Crippen LogP contribution in [0.3, 0.4) is 0 Å². The molecular formula is C15H18O2. The van der Waals surface area contributed by atoms with Crippen molar-refractivity contribution < 1.29 is 9.90 Å². The van der Waals surface area contributed by atoms with Gasteiger partial charge in [0.15, 0.2) is 0 Å². The minimum atomic E-state index is 0.151. The largest absolute Gasteiger partial charge is 0.508 e. The Kier molecular flexibility index (Phi) is 3.97. The number of hydrogen-bond acceptors (Lipinski definition) is 2. The first-order valence-corrected chi connectivity index (χ1v) is 6.25. The van der Waals surface area contributed by atoms with Crippen LogP contribution >= 0.6 is 0 Å². The molecule has 0 spiro atoms. The molecule has 0 amide bonds. The number of aldehydes is 1. The summed E-state index contributed by atoms with van der Waals surface area (Å²) in [6.07, 6.45) is 11.5. The van der Waals surface area contributed by atoms with E-state index in [1.165, 1.54) is 38.2 Å². The summed E-state index contributed by atoms with van der Waals surface area (Å²) in [5.74, 6) is 0.809. The molecule has 2 heteroatoms. The highest BCUT2D eigenvalue weighted by molar-refractivity contribution is 5.77. The van der Waals surface area contributed by atoms with Gasteiger partial charge in [-0.15, -0.1) is 0 Å². The van der Waals surface area contributed by atoms with Gasteiger partial charge in [0.1, 0.15) is 12.0 Å². The molecular weight excluding hydrogens is 212 g/mol. The molecule has 0 aromatic heterocycles. The maximum absolute atomic E-state index is 10.7. The predicted molar refractivity (Wildman–Crippen MR) is 69.1 cm³/mol. The van der Waals surface area contributed by atoms with E-state index in [0.717, 1.165) is 11.8 Å². The number of allylic oxidation sites excluding steroid dienone is 1. The van der Waals surface area contributed by atoms with Crippen LogP contribution in [0.1, 0.15) is 48.0 Å². The molecule has 1 fully saturated rings. The lowest BCUT2D eigenvalue weighted by Crippen LogP contribution is -2.02. The second-order valence-electron chi connectivity index (χ2n) is 4.73. The Labute approximate surface area is 102 Å². The summed E-state index contributed by atoms with van der Waals surface area (Å²) in [5, 5.41) is 9.47. The van der Waals surface area contributed by atoms with E-state index in [0.29, 0.717) is 11.5 Å². The Hall–Kier alpha value is -1.57. The van der Waals surface area contributed by atoms with Crippen molar-refractivity contribution in [2.24, 2.45) is 5.92 Å². The molecule has 2 nitrogen and oxygen atoms in total. The standard InChI is InChI=1S/C15H18O2/c16-11-14-8-13(9-15(17)10-14)7-6-12-4-2-1-3-5-12/h6-12,17H,1-5H2. The third-order valence-corrected chi connectivity index (χ3v) is 3.31. The van der Waals surface area contributed by atoms with Crippen LogP contribution in [-0.4, -0.2) is 11.4 Å². The molecule has 1 saturated carbocycles. The Morgan fingerprint density at radius 1 is 1.06 bits per heavy atom. The molecule has 1 aliphatic carbocycles. The van der Waals surface area contributed by atoms with Gasteiger partial charge in [-0.05, 0) is 42.5 Å². The van der Waals surface area contributed by atoms with Crippen molar-refractivity contribution in [2.45, 2.75) is 32.1 Å². The average molecular weight is 230 g/mol. The third kappa shape index (κ3) is 3.45. The number of hydrogen-bond donors (Lipinski definition) is 1. The summed E-state index contributed by atoms with van der Waals surface area (Å²) in [6.45, 7) is 0. The number of benzene rings is 1. The van der Waals surface area contributed by atoms with Crippen molar-refractivity contribution in [2.75, 3.05) is 0 Å². The van der Waals surface area contributed by atoms with Gasteiger partial charge in [0.05, 0.1) is 0 Å². The highest BCUT2D eigenvalue weighted by atomic mass is 16.3. The van der Waals surface area contributed by atoms with Gasteiger partial charge in [0.25, 0.3) is 0 Å². The summed E-state index contributed by atoms with van der Waals surface area (Å²) in [6, 6.07) is 4.96. The number of carbonyl (C=O) groups excluding carboxylic acids is 1. The summed E-state index contributed by atoms with van der Waals surface area (Å²) >= 11 is 0. The number of phenols is 1. The van der Waals surface area contributed by atoms with E-state index in [9.17, 15) is 9.90 Å². The molecule has 1 aromatic rings. The SMILES string of the molecule is O=Cc1cc(O)cc(C=CC2CCCCC2)c1. The Morgan fingerprint density at radius 3 is 2.47 bits per heavy atom. The van der Waals surface area contributed by atoms with Crippen molar-refractivity contribution in [1.29, 1.82) is 0 Å². The van der Waals surface area contributed by atoms with E-state index >= 15 is 0 Å². The summed E-state index contributed by atoms with van der Waals surface area (Å²) < 4.78 is 0. The molecule has 90 valence electrons. The van der Waals surface area contributed by atoms with E-state index in [2.05, 4.69) is 6.08 Å². The van der Waals surface area contributed by atoms with Crippen LogP contribution in [-0.2, 0) is 0 Å². The minimum Gasteiger partial charge on any atom is -0.508 e. The number of rotatable bonds is 3. The number of carbonyl (C=O) groups is 1. The predicted octanol–water partition coefficient (Wildman–Crippen LogP) is 3.80. The molecule has 0 atom stereocenters. The topological polar surface area (TPSA) is 37.3 Å². The van der Waals surface area contributed by atoms with Gasteiger partial charge < -0.3 is 5.11 Å². The van der Waals surface area contributed by atoms with Crippen LogP contribution in [0, 0.1) is 5.92 Å². The molecule has 1 aliphatic rings. The van der Waals surface area contributed by atoms with Gasteiger partial charge in [-0.2, -0.15) is 0 Å². The van der Waals surface area contributed by atoms with Crippen molar-refractivity contribution in [3.63, 3.8) is 0 Å². The van der Waals surface area contributed by atoms with Gasteiger partial charge in [-0.25, -0.2) is 0 Å². The molecule has 0 aliphatic heterocycles. The van der Waals surface area contributed by atoms with Crippen LogP contribution in [0.2, 0.25) is 0 Å². The third-order valence-electron chi connectivity index (χ3n) is 3.31. The van der Waals surface area contributed by atoms with Crippen molar-refractivity contribution in [1.82, 2.24) is 0 Å². The van der Waals surface area contributed by atoms with E-state index in [4.69, 9.17) is 0 Å². The van der Waals surface area contributed by atoms with Crippen LogP contribution in [0.5, 0.6) is 5.75 Å². The number of phenolic OH excluding ortho intramolecular Hbond substituents is 1. The summed E-state index contributed by atoms with van der Waals surface area (Å²) in [5.41, 5.74) is 1.42. The maximum atomic E-state index is 10.7. The van der Waals surface area contributed by atoms with Gasteiger partial charge in [-0.3, -0.25) is 4.79 Å². The minimum absolute atomic E-state index is 0.151. The first kappa shape index (κ1) is 11.9. The first-order valence-electron chi connectivity index (χ1n) is 6.25. The monoisotopic (exact) mass is 230 g/mol. The van der Waals surface area contributed by atoms with Crippen LogP contribution in [0.15, 0.2) is 24.3 Å². The molecule has 1 aromatic carbocycles. The smallest absolute Gasteiger partial charge is 0.150 e. The lowest BCUT2D eigenvalue weighted by molar-refractivity contribution is 0.112. The van der Waals surface area contributed by atoms with Crippen molar-refractivity contribution in [3.05, 3.63) is 35.4 Å². The van der Waals surface area contributed by atoms with E-state index in [-0.39, 0.29) is 5.75 Å². The summed E-state index contributed by atoms with van der Waals surface area (Å²) in [4.78, 5) is 10.7. The van der Waals surface area contributed by atoms with Crippen LogP contribution < -0.4 is 0 Å². The molecule has 0 radical (unpaired) electrons. The highest BCUT2D eigenvalue weighted by Gasteiger charge is 2.09. The molecule has 17 heavy (non-hydrogen) atoms. The van der Waals surface area contributed by atoms with E-state index in [1.54, 1.807) is 12.1 Å². The molecule has 2 rings (SSSR count). The lowest BCUT2D eigenvalue weighted by atomic mass is 9.89. The molecule has 1 N–H and O–H groups in total. The lowest BCUT2D eigenvalue weighted by Gasteiger charge is -2.17. The number of aromatic hydroxyl groups is 1. The maximum Gasteiger partial charge on any atom is 0.150 e. The van der Waals surface area contributed by atoms with Gasteiger partial charge >= 0.3 is 0 Å². The van der Waals surface area contributed by atoms with Crippen LogP contribution in [0.4, 0.5) is 0 Å². The molecule has 0 unspecified atom stereocenters. The van der Waals surface area contributed by atoms with Gasteiger partial charge in [0.2, 0.25) is 0 Å². The van der Waals surface area contributed by atoms with Gasteiger partial charge in [-0.1, -0.05) is 31.4 Å². The van der Waals surface area contributed by atoms with Crippen molar-refractivity contribution >= 4 is 12.4 Å². The average Bonchev–Trinajstić information content (AvgIpc) is 2.37. The Bertz CT molecular complexity index is 415. The van der Waals surface area contributed by atoms with E-state index in [1.807, 2.05) is 6.08 Å². The first-order chi connectivity index (χ1) is 8.28. The quantitative estimate of drug-likeness (QED) is 0.802. The second-order valence-corrected chi connectivity index (χ2v) is 4.73.